The predicted molar refractivity (Wildman–Crippen MR) is 115 cm³/mol. The van der Waals surface area contributed by atoms with E-state index in [1.165, 1.54) is 0 Å². The summed E-state index contributed by atoms with van der Waals surface area (Å²) in [6.45, 7) is 5.50. The highest BCUT2D eigenvalue weighted by Crippen LogP contribution is 2.46. The van der Waals surface area contributed by atoms with Crippen LogP contribution in [0.2, 0.25) is 0 Å². The van der Waals surface area contributed by atoms with Crippen molar-refractivity contribution in [2.75, 3.05) is 18.5 Å². The maximum absolute atomic E-state index is 13.0. The molecule has 6 heteroatoms. The molecule has 0 saturated carbocycles. The standard InChI is InChI=1S/C24H25N3O3/c1-23(2)18-12-8-9-13-19(18)26(4)20(23)14-17(28)15-27-21(29)24(3,25-22(27)30)16-10-6-5-7-11-16/h5-14H,15H2,1-4H3,(H,25,30)/t24-/m1/s1. The lowest BCUT2D eigenvalue weighted by atomic mass is 9.83. The Balaban J connectivity index is 1.58. The van der Waals surface area contributed by atoms with Gasteiger partial charge in [0.15, 0.2) is 5.78 Å². The number of anilines is 1. The fraction of sp³-hybridized carbons (Fsp3) is 0.292. The number of nitrogens with zero attached hydrogens (tertiary/aromatic N) is 2. The number of benzene rings is 2. The average Bonchev–Trinajstić information content (AvgIpc) is 3.06. The molecule has 0 aliphatic carbocycles. The number of allylic oxidation sites excluding steroid dienone is 1. The van der Waals surface area contributed by atoms with Crippen molar-refractivity contribution in [1.29, 1.82) is 0 Å². The number of nitrogens with one attached hydrogen (secondary N) is 1. The molecule has 3 amide bonds. The van der Waals surface area contributed by atoms with Gasteiger partial charge in [0.2, 0.25) is 0 Å². The number of rotatable bonds is 4. The summed E-state index contributed by atoms with van der Waals surface area (Å²) in [5.41, 5.74) is 2.18. The Kier molecular flexibility index (Phi) is 4.53. The van der Waals surface area contributed by atoms with Gasteiger partial charge in [-0.3, -0.25) is 14.5 Å². The summed E-state index contributed by atoms with van der Waals surface area (Å²) < 4.78 is 0. The minimum absolute atomic E-state index is 0.293. The van der Waals surface area contributed by atoms with Gasteiger partial charge in [-0.1, -0.05) is 62.4 Å². The third-order valence-electron chi connectivity index (χ3n) is 6.18. The normalized spacial score (nSPS) is 23.7. The minimum atomic E-state index is -1.18. The molecule has 0 aromatic heterocycles. The number of para-hydroxylation sites is 1. The van der Waals surface area contributed by atoms with Crippen molar-refractivity contribution in [3.05, 3.63) is 77.5 Å². The second-order valence-corrected chi connectivity index (χ2v) is 8.51. The molecule has 2 aliphatic heterocycles. The van der Waals surface area contributed by atoms with Crippen molar-refractivity contribution in [2.24, 2.45) is 0 Å². The quantitative estimate of drug-likeness (QED) is 0.628. The van der Waals surface area contributed by atoms with E-state index in [1.807, 2.05) is 48.3 Å². The predicted octanol–water partition coefficient (Wildman–Crippen LogP) is 3.33. The van der Waals surface area contributed by atoms with Gasteiger partial charge in [-0.2, -0.15) is 0 Å². The molecule has 0 spiro atoms. The molecular weight excluding hydrogens is 378 g/mol. The number of likely N-dealkylation sites (N-methyl/N-ethyl adjacent to an activating group) is 1. The Morgan fingerprint density at radius 1 is 1.00 bits per heavy atom. The van der Waals surface area contributed by atoms with Crippen LogP contribution in [0, 0.1) is 0 Å². The third-order valence-corrected chi connectivity index (χ3v) is 6.18. The second-order valence-electron chi connectivity index (χ2n) is 8.51. The first-order valence-electron chi connectivity index (χ1n) is 9.94. The zero-order chi connectivity index (χ0) is 21.7. The summed E-state index contributed by atoms with van der Waals surface area (Å²) in [6, 6.07) is 16.5. The average molecular weight is 403 g/mol. The lowest BCUT2D eigenvalue weighted by Crippen LogP contribution is -2.41. The van der Waals surface area contributed by atoms with Crippen LogP contribution >= 0.6 is 0 Å². The van der Waals surface area contributed by atoms with Crippen LogP contribution in [0.5, 0.6) is 0 Å². The maximum atomic E-state index is 13.0. The molecule has 154 valence electrons. The van der Waals surface area contributed by atoms with Gasteiger partial charge in [-0.25, -0.2) is 4.79 Å². The number of carbonyl (C=O) groups is 3. The van der Waals surface area contributed by atoms with Crippen molar-refractivity contribution in [2.45, 2.75) is 31.7 Å². The number of ketones is 1. The summed E-state index contributed by atoms with van der Waals surface area (Å²) in [7, 11) is 1.92. The smallest absolute Gasteiger partial charge is 0.325 e. The van der Waals surface area contributed by atoms with E-state index in [9.17, 15) is 14.4 Å². The molecule has 1 saturated heterocycles. The van der Waals surface area contributed by atoms with Gasteiger partial charge < -0.3 is 10.2 Å². The topological polar surface area (TPSA) is 69.7 Å². The number of urea groups is 1. The number of carbonyl (C=O) groups excluding carboxylic acids is 3. The Hall–Kier alpha value is -3.41. The van der Waals surface area contributed by atoms with E-state index in [0.29, 0.717) is 5.56 Å². The van der Waals surface area contributed by atoms with Gasteiger partial charge in [0.25, 0.3) is 5.91 Å². The van der Waals surface area contributed by atoms with Gasteiger partial charge in [-0.05, 0) is 24.1 Å². The number of hydrogen-bond acceptors (Lipinski definition) is 4. The first-order chi connectivity index (χ1) is 14.2. The van der Waals surface area contributed by atoms with Gasteiger partial charge in [0, 0.05) is 29.9 Å². The molecule has 1 fully saturated rings. The van der Waals surface area contributed by atoms with E-state index < -0.39 is 17.5 Å². The van der Waals surface area contributed by atoms with Crippen LogP contribution < -0.4 is 10.2 Å². The monoisotopic (exact) mass is 403 g/mol. The van der Waals surface area contributed by atoms with Crippen molar-refractivity contribution >= 4 is 23.4 Å². The molecule has 1 N–H and O–H groups in total. The Morgan fingerprint density at radius 3 is 2.30 bits per heavy atom. The number of fused-ring (bicyclic) bond motifs is 1. The summed E-state index contributed by atoms with van der Waals surface area (Å²) in [5.74, 6) is -0.716. The van der Waals surface area contributed by atoms with E-state index in [-0.39, 0.29) is 17.7 Å². The Bertz CT molecular complexity index is 1070. The fourth-order valence-electron chi connectivity index (χ4n) is 4.42. The first-order valence-corrected chi connectivity index (χ1v) is 9.94. The van der Waals surface area contributed by atoms with Gasteiger partial charge in [0.05, 0.1) is 6.54 Å². The van der Waals surface area contributed by atoms with Gasteiger partial charge in [-0.15, -0.1) is 0 Å². The van der Waals surface area contributed by atoms with E-state index in [1.54, 1.807) is 25.1 Å². The number of imide groups is 1. The van der Waals surface area contributed by atoms with E-state index in [0.717, 1.165) is 21.8 Å². The highest BCUT2D eigenvalue weighted by Gasteiger charge is 2.49. The van der Waals surface area contributed by atoms with Crippen LogP contribution in [0.25, 0.3) is 0 Å². The summed E-state index contributed by atoms with van der Waals surface area (Å²) in [5, 5.41) is 2.74. The molecular formula is C24H25N3O3. The summed E-state index contributed by atoms with van der Waals surface area (Å²) >= 11 is 0. The summed E-state index contributed by atoms with van der Waals surface area (Å²) in [6.07, 6.45) is 1.55. The molecule has 2 aromatic rings. The van der Waals surface area contributed by atoms with Crippen molar-refractivity contribution in [3.63, 3.8) is 0 Å². The molecule has 30 heavy (non-hydrogen) atoms. The largest absolute Gasteiger partial charge is 0.347 e. The number of hydrogen-bond donors (Lipinski definition) is 1. The van der Waals surface area contributed by atoms with Crippen molar-refractivity contribution in [1.82, 2.24) is 10.2 Å². The van der Waals surface area contributed by atoms with E-state index in [4.69, 9.17) is 0 Å². The summed E-state index contributed by atoms with van der Waals surface area (Å²) in [4.78, 5) is 41.5. The van der Waals surface area contributed by atoms with E-state index >= 15 is 0 Å². The van der Waals surface area contributed by atoms with Crippen LogP contribution in [0.1, 0.15) is 31.9 Å². The Labute approximate surface area is 176 Å². The third kappa shape index (κ3) is 2.91. The molecule has 1 atom stereocenters. The minimum Gasteiger partial charge on any atom is -0.347 e. The second kappa shape index (κ2) is 6.83. The van der Waals surface area contributed by atoms with Crippen LogP contribution in [-0.4, -0.2) is 36.2 Å². The molecule has 0 radical (unpaired) electrons. The fourth-order valence-corrected chi connectivity index (χ4v) is 4.42. The first kappa shape index (κ1) is 19.9. The van der Waals surface area contributed by atoms with Gasteiger partial charge in [0.1, 0.15) is 5.54 Å². The molecule has 2 heterocycles. The van der Waals surface area contributed by atoms with Crippen LogP contribution in [0.4, 0.5) is 10.5 Å². The van der Waals surface area contributed by atoms with Crippen LogP contribution in [0.15, 0.2) is 66.4 Å². The van der Waals surface area contributed by atoms with Crippen molar-refractivity contribution < 1.29 is 14.4 Å². The molecule has 2 aromatic carbocycles. The number of amides is 3. The molecule has 4 rings (SSSR count). The Morgan fingerprint density at radius 2 is 1.63 bits per heavy atom. The lowest BCUT2D eigenvalue weighted by Gasteiger charge is -2.24. The SMILES string of the molecule is CN1C(=CC(=O)CN2C(=O)N[C@](C)(c3ccccc3)C2=O)C(C)(C)c2ccccc21. The zero-order valence-corrected chi connectivity index (χ0v) is 17.6. The molecule has 2 aliphatic rings. The molecule has 6 nitrogen and oxygen atoms in total. The molecule has 0 unspecified atom stereocenters. The van der Waals surface area contributed by atoms with E-state index in [2.05, 4.69) is 25.2 Å². The zero-order valence-electron chi connectivity index (χ0n) is 17.6. The highest BCUT2D eigenvalue weighted by molar-refractivity contribution is 6.10. The molecule has 0 bridgehead atoms. The maximum Gasteiger partial charge on any atom is 0.325 e. The lowest BCUT2D eigenvalue weighted by molar-refractivity contribution is -0.133. The van der Waals surface area contributed by atoms with Gasteiger partial charge >= 0.3 is 6.03 Å². The van der Waals surface area contributed by atoms with Crippen LogP contribution in [0.3, 0.4) is 0 Å². The highest BCUT2D eigenvalue weighted by atomic mass is 16.2. The van der Waals surface area contributed by atoms with Crippen LogP contribution in [-0.2, 0) is 20.5 Å². The van der Waals surface area contributed by atoms with Crippen molar-refractivity contribution in [3.8, 4) is 0 Å².